The van der Waals surface area contributed by atoms with Crippen molar-refractivity contribution in [3.8, 4) is 0 Å². The summed E-state index contributed by atoms with van der Waals surface area (Å²) in [4.78, 5) is 25.4. The second kappa shape index (κ2) is 6.39. The van der Waals surface area contributed by atoms with E-state index in [4.69, 9.17) is 0 Å². The maximum absolute atomic E-state index is 12.5. The number of rotatable bonds is 2. The van der Waals surface area contributed by atoms with Gasteiger partial charge in [-0.05, 0) is 37.5 Å². The van der Waals surface area contributed by atoms with Gasteiger partial charge in [-0.15, -0.1) is 0 Å². The molecule has 0 aromatic heterocycles. The fourth-order valence-corrected chi connectivity index (χ4v) is 2.87. The van der Waals surface area contributed by atoms with E-state index in [1.54, 1.807) is 0 Å². The zero-order valence-electron chi connectivity index (χ0n) is 11.8. The third-order valence-electron chi connectivity index (χ3n) is 3.62. The van der Waals surface area contributed by atoms with Crippen molar-refractivity contribution in [2.24, 2.45) is 0 Å². The molecule has 0 atom stereocenters. The smallest absolute Gasteiger partial charge is 0.254 e. The highest BCUT2D eigenvalue weighted by Crippen LogP contribution is 2.20. The minimum atomic E-state index is -0.00221. The van der Waals surface area contributed by atoms with Crippen LogP contribution in [0.25, 0.3) is 0 Å². The molecular formula is C15H19BrN2O2. The highest BCUT2D eigenvalue weighted by Gasteiger charge is 2.24. The van der Waals surface area contributed by atoms with Crippen LogP contribution in [0.5, 0.6) is 0 Å². The van der Waals surface area contributed by atoms with Gasteiger partial charge in [0.2, 0.25) is 5.91 Å². The Kier molecular flexibility index (Phi) is 4.81. The lowest BCUT2D eigenvalue weighted by molar-refractivity contribution is -0.119. The van der Waals surface area contributed by atoms with Crippen molar-refractivity contribution in [2.75, 3.05) is 13.1 Å². The average molecular weight is 339 g/mol. The number of amides is 2. The fourth-order valence-electron chi connectivity index (χ4n) is 2.51. The summed E-state index contributed by atoms with van der Waals surface area (Å²) < 4.78 is 0.916. The van der Waals surface area contributed by atoms with Gasteiger partial charge < -0.3 is 10.2 Å². The number of aryl methyl sites for hydroxylation is 1. The highest BCUT2D eigenvalue weighted by molar-refractivity contribution is 9.10. The summed E-state index contributed by atoms with van der Waals surface area (Å²) in [6.45, 7) is 4.86. The van der Waals surface area contributed by atoms with Crippen molar-refractivity contribution in [3.05, 3.63) is 33.8 Å². The molecule has 4 nitrogen and oxygen atoms in total. The number of piperidine rings is 1. The summed E-state index contributed by atoms with van der Waals surface area (Å²) in [5.41, 5.74) is 1.74. The van der Waals surface area contributed by atoms with Crippen molar-refractivity contribution in [2.45, 2.75) is 32.7 Å². The van der Waals surface area contributed by atoms with Crippen molar-refractivity contribution >= 4 is 27.7 Å². The molecule has 0 aliphatic carbocycles. The Bertz CT molecular complexity index is 523. The van der Waals surface area contributed by atoms with Gasteiger partial charge in [0.1, 0.15) is 0 Å². The molecule has 20 heavy (non-hydrogen) atoms. The maximum Gasteiger partial charge on any atom is 0.254 e. The maximum atomic E-state index is 12.5. The fraction of sp³-hybridized carbons (Fsp3) is 0.467. The molecule has 0 bridgehead atoms. The summed E-state index contributed by atoms with van der Waals surface area (Å²) >= 11 is 3.41. The van der Waals surface area contributed by atoms with Gasteiger partial charge in [0, 0.05) is 36.1 Å². The minimum absolute atomic E-state index is 0.00221. The Morgan fingerprint density at radius 3 is 2.55 bits per heavy atom. The summed E-state index contributed by atoms with van der Waals surface area (Å²) in [6, 6.07) is 5.95. The lowest BCUT2D eigenvalue weighted by atomic mass is 10.0. The lowest BCUT2D eigenvalue weighted by Crippen LogP contribution is -2.46. The number of carbonyl (C=O) groups excluding carboxylic acids is 2. The molecule has 1 N–H and O–H groups in total. The molecule has 1 fully saturated rings. The molecule has 1 aromatic rings. The monoisotopic (exact) mass is 338 g/mol. The van der Waals surface area contributed by atoms with E-state index in [1.165, 1.54) is 6.92 Å². The molecule has 108 valence electrons. The molecule has 0 saturated carbocycles. The number of nitrogens with one attached hydrogen (secondary N) is 1. The molecule has 1 aliphatic rings. The number of halogens is 1. The third kappa shape index (κ3) is 3.60. The van der Waals surface area contributed by atoms with E-state index in [0.717, 1.165) is 28.4 Å². The van der Waals surface area contributed by atoms with Crippen LogP contribution in [0.1, 0.15) is 35.7 Å². The van der Waals surface area contributed by atoms with Gasteiger partial charge in [0.15, 0.2) is 0 Å². The second-order valence-electron chi connectivity index (χ2n) is 5.23. The van der Waals surface area contributed by atoms with Gasteiger partial charge >= 0.3 is 0 Å². The molecule has 1 heterocycles. The average Bonchev–Trinajstić information content (AvgIpc) is 2.41. The van der Waals surface area contributed by atoms with Gasteiger partial charge in [0.25, 0.3) is 5.91 Å². The van der Waals surface area contributed by atoms with Crippen LogP contribution in [-0.2, 0) is 4.79 Å². The van der Waals surface area contributed by atoms with Crippen LogP contribution in [0.15, 0.2) is 22.7 Å². The first-order valence-corrected chi connectivity index (χ1v) is 7.59. The van der Waals surface area contributed by atoms with Crippen LogP contribution in [0.4, 0.5) is 0 Å². The highest BCUT2D eigenvalue weighted by atomic mass is 79.9. The SMILES string of the molecule is CC(=O)NC1CCN(C(=O)c2cc(Br)ccc2C)CC1. The predicted molar refractivity (Wildman–Crippen MR) is 81.6 cm³/mol. The zero-order valence-corrected chi connectivity index (χ0v) is 13.4. The normalized spacial score (nSPS) is 16.1. The van der Waals surface area contributed by atoms with Crippen LogP contribution in [0.3, 0.4) is 0 Å². The minimum Gasteiger partial charge on any atom is -0.353 e. The largest absolute Gasteiger partial charge is 0.353 e. The Labute approximate surface area is 127 Å². The first kappa shape index (κ1) is 15.0. The molecule has 0 unspecified atom stereocenters. The number of nitrogens with zero attached hydrogens (tertiary/aromatic N) is 1. The van der Waals surface area contributed by atoms with Crippen molar-refractivity contribution in [1.29, 1.82) is 0 Å². The molecule has 1 aliphatic heterocycles. The molecule has 5 heteroatoms. The van der Waals surface area contributed by atoms with E-state index in [0.29, 0.717) is 13.1 Å². The van der Waals surface area contributed by atoms with E-state index in [9.17, 15) is 9.59 Å². The molecule has 2 rings (SSSR count). The van der Waals surface area contributed by atoms with Crippen molar-refractivity contribution in [1.82, 2.24) is 10.2 Å². The Morgan fingerprint density at radius 2 is 1.95 bits per heavy atom. The number of hydrogen-bond donors (Lipinski definition) is 1. The molecule has 2 amide bonds. The molecule has 1 aromatic carbocycles. The van der Waals surface area contributed by atoms with Gasteiger partial charge in [-0.2, -0.15) is 0 Å². The van der Waals surface area contributed by atoms with Gasteiger partial charge in [-0.25, -0.2) is 0 Å². The van der Waals surface area contributed by atoms with Crippen LogP contribution >= 0.6 is 15.9 Å². The van der Waals surface area contributed by atoms with Gasteiger partial charge in [-0.3, -0.25) is 9.59 Å². The zero-order chi connectivity index (χ0) is 14.7. The van der Waals surface area contributed by atoms with Crippen molar-refractivity contribution < 1.29 is 9.59 Å². The number of benzene rings is 1. The van der Waals surface area contributed by atoms with Gasteiger partial charge in [-0.1, -0.05) is 22.0 Å². The number of hydrogen-bond acceptors (Lipinski definition) is 2. The number of carbonyl (C=O) groups is 2. The van der Waals surface area contributed by atoms with Crippen LogP contribution in [0.2, 0.25) is 0 Å². The van der Waals surface area contributed by atoms with E-state index < -0.39 is 0 Å². The van der Waals surface area contributed by atoms with Crippen LogP contribution < -0.4 is 5.32 Å². The lowest BCUT2D eigenvalue weighted by Gasteiger charge is -2.32. The van der Waals surface area contributed by atoms with E-state index in [1.807, 2.05) is 30.0 Å². The summed E-state index contributed by atoms with van der Waals surface area (Å²) in [5.74, 6) is 0.0719. The standard InChI is InChI=1S/C15H19BrN2O2/c1-10-3-4-12(16)9-14(10)15(20)18-7-5-13(6-8-18)17-11(2)19/h3-4,9,13H,5-8H2,1-2H3,(H,17,19). The topological polar surface area (TPSA) is 49.4 Å². The Balaban J connectivity index is 2.01. The van der Waals surface area contributed by atoms with Crippen molar-refractivity contribution in [3.63, 3.8) is 0 Å². The summed E-state index contributed by atoms with van der Waals surface area (Å²) in [5, 5.41) is 2.92. The molecular weight excluding hydrogens is 320 g/mol. The van der Waals surface area contributed by atoms with Crippen LogP contribution in [-0.4, -0.2) is 35.8 Å². The summed E-state index contributed by atoms with van der Waals surface area (Å²) in [6.07, 6.45) is 1.64. The van der Waals surface area contributed by atoms with E-state index in [2.05, 4.69) is 21.2 Å². The van der Waals surface area contributed by atoms with Gasteiger partial charge in [0.05, 0.1) is 0 Å². The number of likely N-dealkylation sites (tertiary alicyclic amines) is 1. The first-order valence-electron chi connectivity index (χ1n) is 6.80. The summed E-state index contributed by atoms with van der Waals surface area (Å²) in [7, 11) is 0. The quantitative estimate of drug-likeness (QED) is 0.900. The van der Waals surface area contributed by atoms with E-state index in [-0.39, 0.29) is 17.9 Å². The predicted octanol–water partition coefficient (Wildman–Crippen LogP) is 2.50. The molecule has 0 spiro atoms. The van der Waals surface area contributed by atoms with E-state index >= 15 is 0 Å². The Hall–Kier alpha value is -1.36. The molecule has 1 saturated heterocycles. The Morgan fingerprint density at radius 1 is 1.30 bits per heavy atom. The van der Waals surface area contributed by atoms with Crippen LogP contribution in [0, 0.1) is 6.92 Å². The third-order valence-corrected chi connectivity index (χ3v) is 4.11. The second-order valence-corrected chi connectivity index (χ2v) is 6.14. The first-order chi connectivity index (χ1) is 9.47. The molecule has 0 radical (unpaired) electrons.